The van der Waals surface area contributed by atoms with Crippen LogP contribution in [0.4, 0.5) is 0 Å². The number of hydroxylamine groups is 3. The van der Waals surface area contributed by atoms with Crippen molar-refractivity contribution in [3.05, 3.63) is 24.1 Å². The fourth-order valence-electron chi connectivity index (χ4n) is 1.48. The normalized spacial score (nSPS) is 15.4. The molecule has 0 spiro atoms. The molecule has 0 radical (unpaired) electrons. The highest BCUT2D eigenvalue weighted by molar-refractivity contribution is 5.62. The van der Waals surface area contributed by atoms with E-state index in [1.165, 1.54) is 5.06 Å². The van der Waals surface area contributed by atoms with Crippen molar-refractivity contribution in [1.29, 1.82) is 0 Å². The summed E-state index contributed by atoms with van der Waals surface area (Å²) < 4.78 is 7.48. The first-order chi connectivity index (χ1) is 8.22. The molecule has 2 heterocycles. The van der Waals surface area contributed by atoms with Crippen LogP contribution in [0, 0.1) is 0 Å². The molecular formula is C10H17N5O2. The van der Waals surface area contributed by atoms with Gasteiger partial charge in [0, 0.05) is 20.3 Å². The molecule has 0 bridgehead atoms. The lowest BCUT2D eigenvalue weighted by atomic mass is 10.3. The molecule has 1 aromatic heterocycles. The lowest BCUT2D eigenvalue weighted by Gasteiger charge is -2.12. The molecule has 1 aromatic rings. The van der Waals surface area contributed by atoms with Crippen LogP contribution in [0.3, 0.4) is 0 Å². The van der Waals surface area contributed by atoms with Crippen LogP contribution in [0.5, 0.6) is 0 Å². The number of imidazole rings is 1. The van der Waals surface area contributed by atoms with Gasteiger partial charge in [0.2, 0.25) is 5.88 Å². The second kappa shape index (κ2) is 5.07. The number of hydrogen-bond acceptors (Lipinski definition) is 6. The first-order valence-electron chi connectivity index (χ1n) is 5.44. The second-order valence-electron chi connectivity index (χ2n) is 3.79. The maximum absolute atomic E-state index is 5.62. The minimum absolute atomic E-state index is 0.553. The average molecular weight is 239 g/mol. The Hall–Kier alpha value is -1.73. The van der Waals surface area contributed by atoms with E-state index in [0.717, 1.165) is 17.8 Å². The van der Waals surface area contributed by atoms with Crippen LogP contribution in [0.1, 0.15) is 12.1 Å². The number of rotatable bonds is 5. The number of aromatic nitrogens is 2. The number of nitrogens with two attached hydrogens (primary N) is 1. The van der Waals surface area contributed by atoms with Gasteiger partial charge in [-0.1, -0.05) is 0 Å². The molecule has 7 nitrogen and oxygen atoms in total. The summed E-state index contributed by atoms with van der Waals surface area (Å²) in [5, 5.41) is 1.53. The lowest BCUT2D eigenvalue weighted by Crippen LogP contribution is -2.17. The smallest absolute Gasteiger partial charge is 0.244 e. The number of ether oxygens (including phenoxy) is 1. The van der Waals surface area contributed by atoms with Gasteiger partial charge < -0.3 is 15.0 Å². The van der Waals surface area contributed by atoms with E-state index in [2.05, 4.69) is 10.5 Å². The van der Waals surface area contributed by atoms with Crippen LogP contribution in [0.25, 0.3) is 5.70 Å². The zero-order chi connectivity index (χ0) is 12.3. The van der Waals surface area contributed by atoms with Crippen molar-refractivity contribution in [2.45, 2.75) is 6.42 Å². The van der Waals surface area contributed by atoms with Crippen LogP contribution >= 0.6 is 0 Å². The van der Waals surface area contributed by atoms with E-state index < -0.39 is 0 Å². The van der Waals surface area contributed by atoms with Crippen molar-refractivity contribution in [3.63, 3.8) is 0 Å². The molecule has 0 amide bonds. The summed E-state index contributed by atoms with van der Waals surface area (Å²) in [6.45, 7) is 1.15. The summed E-state index contributed by atoms with van der Waals surface area (Å²) in [6, 6.07) is 0. The van der Waals surface area contributed by atoms with E-state index in [1.807, 2.05) is 17.8 Å². The van der Waals surface area contributed by atoms with E-state index in [-0.39, 0.29) is 0 Å². The molecule has 0 aromatic carbocycles. The quantitative estimate of drug-likeness (QED) is 0.692. The molecule has 1 aliphatic rings. The summed E-state index contributed by atoms with van der Waals surface area (Å²) in [7, 11) is 3.67. The van der Waals surface area contributed by atoms with Crippen LogP contribution < -0.4 is 11.2 Å². The fourth-order valence-corrected chi connectivity index (χ4v) is 1.48. The molecule has 0 saturated heterocycles. The standard InChI is InChI=1S/C10H17N5O2/c1-14-6-8(12-7-14)9-10(15(2)17-13-9)16-5-3-4-11/h6-7,13H,3-5,11H2,1-2H3. The van der Waals surface area contributed by atoms with Gasteiger partial charge in [0.1, 0.15) is 5.69 Å². The van der Waals surface area contributed by atoms with Gasteiger partial charge in [0.05, 0.1) is 12.9 Å². The van der Waals surface area contributed by atoms with Crippen LogP contribution in [-0.4, -0.2) is 34.8 Å². The highest BCUT2D eigenvalue weighted by Gasteiger charge is 2.25. The first-order valence-corrected chi connectivity index (χ1v) is 5.44. The van der Waals surface area contributed by atoms with Gasteiger partial charge in [-0.3, -0.25) is 0 Å². The number of nitrogens with zero attached hydrogens (tertiary/aromatic N) is 3. The number of aryl methyl sites for hydroxylation is 1. The van der Waals surface area contributed by atoms with E-state index in [0.29, 0.717) is 19.0 Å². The second-order valence-corrected chi connectivity index (χ2v) is 3.79. The molecule has 7 heteroatoms. The van der Waals surface area contributed by atoms with Crippen molar-refractivity contribution >= 4 is 5.70 Å². The minimum atomic E-state index is 0.553. The van der Waals surface area contributed by atoms with E-state index in [1.54, 1.807) is 13.4 Å². The molecule has 3 N–H and O–H groups in total. The zero-order valence-electron chi connectivity index (χ0n) is 10.0. The molecule has 0 fully saturated rings. The van der Waals surface area contributed by atoms with Gasteiger partial charge in [-0.05, 0) is 13.0 Å². The maximum atomic E-state index is 5.62. The maximum Gasteiger partial charge on any atom is 0.244 e. The molecule has 0 saturated carbocycles. The summed E-state index contributed by atoms with van der Waals surface area (Å²) in [5.74, 6) is 0.622. The first kappa shape index (κ1) is 11.7. The van der Waals surface area contributed by atoms with Crippen LogP contribution in [0.15, 0.2) is 18.4 Å². The van der Waals surface area contributed by atoms with Gasteiger partial charge in [-0.2, -0.15) is 10.0 Å². The highest BCUT2D eigenvalue weighted by atomic mass is 16.8. The molecular weight excluding hydrogens is 222 g/mol. The number of hydrogen-bond donors (Lipinski definition) is 2. The third kappa shape index (κ3) is 2.51. The van der Waals surface area contributed by atoms with Gasteiger partial charge in [-0.25, -0.2) is 10.5 Å². The Labute approximate surface area is 99.7 Å². The van der Waals surface area contributed by atoms with Crippen LogP contribution in [-0.2, 0) is 16.7 Å². The zero-order valence-corrected chi connectivity index (χ0v) is 10.0. The largest absolute Gasteiger partial charge is 0.476 e. The van der Waals surface area contributed by atoms with Crippen molar-refractivity contribution in [2.75, 3.05) is 20.2 Å². The Balaban J connectivity index is 2.15. The summed E-state index contributed by atoms with van der Waals surface area (Å²) in [6.07, 6.45) is 4.41. The van der Waals surface area contributed by atoms with E-state index in [4.69, 9.17) is 15.4 Å². The molecule has 2 rings (SSSR count). The highest BCUT2D eigenvalue weighted by Crippen LogP contribution is 2.23. The predicted octanol–water partition coefficient (Wildman–Crippen LogP) is -0.207. The van der Waals surface area contributed by atoms with Crippen molar-refractivity contribution in [3.8, 4) is 0 Å². The third-order valence-corrected chi connectivity index (χ3v) is 2.33. The fraction of sp³-hybridized carbons (Fsp3) is 0.500. The van der Waals surface area contributed by atoms with Crippen LogP contribution in [0.2, 0.25) is 0 Å². The topological polar surface area (TPSA) is 77.6 Å². The van der Waals surface area contributed by atoms with Crippen molar-refractivity contribution < 1.29 is 9.68 Å². The van der Waals surface area contributed by atoms with Gasteiger partial charge in [0.15, 0.2) is 5.70 Å². The molecule has 94 valence electrons. The number of nitrogens with one attached hydrogen (secondary N) is 1. The Morgan fingerprint density at radius 2 is 2.35 bits per heavy atom. The Bertz CT molecular complexity index is 415. The Kier molecular flexibility index (Phi) is 3.50. The minimum Gasteiger partial charge on any atom is -0.476 e. The lowest BCUT2D eigenvalue weighted by molar-refractivity contribution is -0.156. The molecule has 17 heavy (non-hydrogen) atoms. The molecule has 0 atom stereocenters. The monoisotopic (exact) mass is 239 g/mol. The van der Waals surface area contributed by atoms with Crippen molar-refractivity contribution in [2.24, 2.45) is 12.8 Å². The van der Waals surface area contributed by atoms with Gasteiger partial charge in [-0.15, -0.1) is 0 Å². The summed E-state index contributed by atoms with van der Waals surface area (Å²) in [4.78, 5) is 9.42. The van der Waals surface area contributed by atoms with Gasteiger partial charge in [0.25, 0.3) is 0 Å². The molecule has 0 unspecified atom stereocenters. The predicted molar refractivity (Wildman–Crippen MR) is 61.7 cm³/mol. The van der Waals surface area contributed by atoms with Crippen molar-refractivity contribution in [1.82, 2.24) is 20.1 Å². The molecule has 0 aliphatic carbocycles. The Morgan fingerprint density at radius 3 is 3.00 bits per heavy atom. The van der Waals surface area contributed by atoms with E-state index in [9.17, 15) is 0 Å². The van der Waals surface area contributed by atoms with E-state index >= 15 is 0 Å². The molecule has 1 aliphatic heterocycles. The summed E-state index contributed by atoms with van der Waals surface area (Å²) in [5.41, 5.74) is 9.72. The third-order valence-electron chi connectivity index (χ3n) is 2.33. The SMILES string of the molecule is CN1ONC(c2cn(C)cn2)=C1OCCCN. The average Bonchev–Trinajstić information content (AvgIpc) is 2.87. The summed E-state index contributed by atoms with van der Waals surface area (Å²) >= 11 is 0. The Morgan fingerprint density at radius 1 is 1.53 bits per heavy atom. The van der Waals surface area contributed by atoms with Gasteiger partial charge >= 0.3 is 0 Å².